The first kappa shape index (κ1) is 14.0. The summed E-state index contributed by atoms with van der Waals surface area (Å²) in [5.74, 6) is 0.375. The predicted octanol–water partition coefficient (Wildman–Crippen LogP) is 0.694. The summed E-state index contributed by atoms with van der Waals surface area (Å²) in [6.45, 7) is 0.185. The van der Waals surface area contributed by atoms with Crippen molar-refractivity contribution in [3.8, 4) is 5.75 Å². The van der Waals surface area contributed by atoms with Crippen LogP contribution in [0.15, 0.2) is 24.3 Å². The molecule has 0 amide bonds. The van der Waals surface area contributed by atoms with Gasteiger partial charge < -0.3 is 5.11 Å². The molecule has 1 heterocycles. The van der Waals surface area contributed by atoms with Gasteiger partial charge in [0.2, 0.25) is 0 Å². The number of hydrogen-bond acceptors (Lipinski definition) is 5. The van der Waals surface area contributed by atoms with Crippen molar-refractivity contribution >= 4 is 15.6 Å². The Morgan fingerprint density at radius 3 is 2.53 bits per heavy atom. The van der Waals surface area contributed by atoms with Crippen LogP contribution >= 0.6 is 0 Å². The molecule has 1 aliphatic rings. The summed E-state index contributed by atoms with van der Waals surface area (Å²) in [4.78, 5) is 13.8. The zero-order chi connectivity index (χ0) is 14.0. The molecular formula is C13H17NO4S. The van der Waals surface area contributed by atoms with E-state index in [2.05, 4.69) is 0 Å². The molecule has 2 rings (SSSR count). The van der Waals surface area contributed by atoms with Gasteiger partial charge in [-0.1, -0.05) is 0 Å². The lowest BCUT2D eigenvalue weighted by Crippen LogP contribution is -2.36. The lowest BCUT2D eigenvalue weighted by atomic mass is 10.1. The SMILES string of the molecule is CN(CC(=O)c1ccc(O)cc1)C1CCS(=O)(=O)C1. The Hall–Kier alpha value is -1.40. The van der Waals surface area contributed by atoms with Crippen LogP contribution in [0.25, 0.3) is 0 Å². The number of carbonyl (C=O) groups excluding carboxylic acids is 1. The van der Waals surface area contributed by atoms with Crippen LogP contribution in [0.5, 0.6) is 5.75 Å². The minimum atomic E-state index is -2.93. The molecule has 0 aromatic heterocycles. The highest BCUT2D eigenvalue weighted by Crippen LogP contribution is 2.17. The number of aromatic hydroxyl groups is 1. The van der Waals surface area contributed by atoms with Crippen LogP contribution in [0.4, 0.5) is 0 Å². The van der Waals surface area contributed by atoms with Gasteiger partial charge in [-0.3, -0.25) is 9.69 Å². The van der Waals surface area contributed by atoms with Crippen LogP contribution in [0, 0.1) is 0 Å². The number of Topliss-reactive ketones (excluding diaryl/α,β-unsaturated/α-hetero) is 1. The van der Waals surface area contributed by atoms with Gasteiger partial charge in [0.05, 0.1) is 18.1 Å². The summed E-state index contributed by atoms with van der Waals surface area (Å²) in [6, 6.07) is 5.99. The van der Waals surface area contributed by atoms with Crippen LogP contribution < -0.4 is 0 Å². The van der Waals surface area contributed by atoms with Crippen LogP contribution in [0.1, 0.15) is 16.8 Å². The quantitative estimate of drug-likeness (QED) is 0.823. The Labute approximate surface area is 112 Å². The zero-order valence-corrected chi connectivity index (χ0v) is 11.6. The first-order valence-corrected chi connectivity index (χ1v) is 7.92. The number of phenols is 1. The number of likely N-dealkylation sites (N-methyl/N-ethyl adjacent to an activating group) is 1. The number of nitrogens with zero attached hydrogens (tertiary/aromatic N) is 1. The first-order chi connectivity index (χ1) is 8.87. The van der Waals surface area contributed by atoms with Gasteiger partial charge in [0.1, 0.15) is 5.75 Å². The summed E-state index contributed by atoms with van der Waals surface area (Å²) in [5, 5.41) is 9.16. The molecule has 1 fully saturated rings. The molecule has 5 nitrogen and oxygen atoms in total. The minimum Gasteiger partial charge on any atom is -0.508 e. The topological polar surface area (TPSA) is 74.7 Å². The van der Waals surface area contributed by atoms with Crippen molar-refractivity contribution in [2.75, 3.05) is 25.1 Å². The molecule has 1 aromatic carbocycles. The van der Waals surface area contributed by atoms with E-state index in [-0.39, 0.29) is 35.6 Å². The van der Waals surface area contributed by atoms with Gasteiger partial charge in [0, 0.05) is 11.6 Å². The first-order valence-electron chi connectivity index (χ1n) is 6.10. The molecule has 1 aliphatic heterocycles. The highest BCUT2D eigenvalue weighted by atomic mass is 32.2. The van der Waals surface area contributed by atoms with Crippen molar-refractivity contribution in [2.24, 2.45) is 0 Å². The molecule has 1 atom stereocenters. The molecule has 0 bridgehead atoms. The monoisotopic (exact) mass is 283 g/mol. The maximum atomic E-state index is 12.0. The standard InChI is InChI=1S/C13H17NO4S/c1-14(11-6-7-19(17,18)9-11)8-13(16)10-2-4-12(15)5-3-10/h2-5,11,15H,6-9H2,1H3. The van der Waals surface area contributed by atoms with Gasteiger partial charge in [-0.05, 0) is 37.7 Å². The Balaban J connectivity index is 1.97. The number of benzene rings is 1. The van der Waals surface area contributed by atoms with E-state index in [9.17, 15) is 13.2 Å². The van der Waals surface area contributed by atoms with Gasteiger partial charge in [0.25, 0.3) is 0 Å². The highest BCUT2D eigenvalue weighted by molar-refractivity contribution is 7.91. The molecule has 6 heteroatoms. The van der Waals surface area contributed by atoms with E-state index < -0.39 is 9.84 Å². The Morgan fingerprint density at radius 2 is 2.00 bits per heavy atom. The number of phenolic OH excluding ortho intramolecular Hbond substituents is 1. The predicted molar refractivity (Wildman–Crippen MR) is 72.1 cm³/mol. The number of ketones is 1. The molecule has 1 aromatic rings. The van der Waals surface area contributed by atoms with Gasteiger partial charge >= 0.3 is 0 Å². The summed E-state index contributed by atoms with van der Waals surface area (Å²) in [6.07, 6.45) is 0.585. The summed E-state index contributed by atoms with van der Waals surface area (Å²) >= 11 is 0. The van der Waals surface area contributed by atoms with Gasteiger partial charge in [-0.2, -0.15) is 0 Å². The molecule has 1 saturated heterocycles. The maximum absolute atomic E-state index is 12.0. The fourth-order valence-corrected chi connectivity index (χ4v) is 4.02. The van der Waals surface area contributed by atoms with Gasteiger partial charge in [0.15, 0.2) is 15.6 Å². The third kappa shape index (κ3) is 3.54. The van der Waals surface area contributed by atoms with E-state index in [1.165, 1.54) is 12.1 Å². The van der Waals surface area contributed by atoms with Crippen LogP contribution in [0.2, 0.25) is 0 Å². The van der Waals surface area contributed by atoms with Crippen molar-refractivity contribution in [2.45, 2.75) is 12.5 Å². The largest absolute Gasteiger partial charge is 0.508 e. The van der Waals surface area contributed by atoms with Gasteiger partial charge in [-0.15, -0.1) is 0 Å². The summed E-state index contributed by atoms with van der Waals surface area (Å²) < 4.78 is 22.8. The van der Waals surface area contributed by atoms with Crippen molar-refractivity contribution < 1.29 is 18.3 Å². The Kier molecular flexibility index (Phi) is 3.91. The molecule has 104 valence electrons. The molecule has 0 radical (unpaired) electrons. The zero-order valence-electron chi connectivity index (χ0n) is 10.7. The van der Waals surface area contributed by atoms with Crippen molar-refractivity contribution in [3.63, 3.8) is 0 Å². The van der Waals surface area contributed by atoms with E-state index in [4.69, 9.17) is 5.11 Å². The number of hydrogen-bond donors (Lipinski definition) is 1. The lowest BCUT2D eigenvalue weighted by molar-refractivity contribution is 0.0926. The molecule has 0 spiro atoms. The fourth-order valence-electron chi connectivity index (χ4n) is 2.22. The third-order valence-corrected chi connectivity index (χ3v) is 5.16. The van der Waals surface area contributed by atoms with Crippen molar-refractivity contribution in [3.05, 3.63) is 29.8 Å². The highest BCUT2D eigenvalue weighted by Gasteiger charge is 2.31. The van der Waals surface area contributed by atoms with E-state index in [1.54, 1.807) is 24.1 Å². The van der Waals surface area contributed by atoms with Gasteiger partial charge in [-0.25, -0.2) is 8.42 Å². The van der Waals surface area contributed by atoms with Crippen LogP contribution in [0.3, 0.4) is 0 Å². The van der Waals surface area contributed by atoms with E-state index in [0.717, 1.165) is 0 Å². The summed E-state index contributed by atoms with van der Waals surface area (Å²) in [7, 11) is -1.16. The second-order valence-corrected chi connectivity index (χ2v) is 7.17. The molecular weight excluding hydrogens is 266 g/mol. The van der Waals surface area contributed by atoms with Crippen LogP contribution in [-0.2, 0) is 9.84 Å². The number of rotatable bonds is 4. The normalized spacial score (nSPS) is 21.7. The third-order valence-electron chi connectivity index (χ3n) is 3.41. The molecule has 0 saturated carbocycles. The molecule has 1 N–H and O–H groups in total. The molecule has 0 aliphatic carbocycles. The average molecular weight is 283 g/mol. The van der Waals surface area contributed by atoms with Crippen molar-refractivity contribution in [1.82, 2.24) is 4.90 Å². The van der Waals surface area contributed by atoms with Crippen LogP contribution in [-0.4, -0.2) is 55.3 Å². The Bertz CT molecular complexity index is 565. The number of carbonyl (C=O) groups is 1. The van der Waals surface area contributed by atoms with E-state index in [0.29, 0.717) is 12.0 Å². The lowest BCUT2D eigenvalue weighted by Gasteiger charge is -2.22. The van der Waals surface area contributed by atoms with Crippen molar-refractivity contribution in [1.29, 1.82) is 0 Å². The maximum Gasteiger partial charge on any atom is 0.176 e. The second-order valence-electron chi connectivity index (χ2n) is 4.94. The smallest absolute Gasteiger partial charge is 0.176 e. The summed E-state index contributed by atoms with van der Waals surface area (Å²) in [5.41, 5.74) is 0.519. The molecule has 1 unspecified atom stereocenters. The second kappa shape index (κ2) is 5.30. The fraction of sp³-hybridized carbons (Fsp3) is 0.462. The minimum absolute atomic E-state index is 0.0770. The average Bonchev–Trinajstić information content (AvgIpc) is 2.70. The Morgan fingerprint density at radius 1 is 1.37 bits per heavy atom. The molecule has 19 heavy (non-hydrogen) atoms. The number of sulfone groups is 1. The van der Waals surface area contributed by atoms with E-state index in [1.807, 2.05) is 0 Å². The van der Waals surface area contributed by atoms with E-state index >= 15 is 0 Å².